The van der Waals surface area contributed by atoms with Crippen LogP contribution in [0.5, 0.6) is 5.75 Å². The summed E-state index contributed by atoms with van der Waals surface area (Å²) in [4.78, 5) is 12.0. The lowest BCUT2D eigenvalue weighted by Crippen LogP contribution is -2.29. The first-order valence-corrected chi connectivity index (χ1v) is 8.13. The van der Waals surface area contributed by atoms with Gasteiger partial charge in [-0.25, -0.2) is 0 Å². The van der Waals surface area contributed by atoms with E-state index < -0.39 is 11.7 Å². The normalized spacial score (nSPS) is 20.9. The van der Waals surface area contributed by atoms with Crippen molar-refractivity contribution in [3.8, 4) is 5.75 Å². The molecule has 134 valence electrons. The maximum Gasteiger partial charge on any atom is 0.311 e. The first-order valence-electron chi connectivity index (χ1n) is 8.13. The molecule has 0 radical (unpaired) electrons. The summed E-state index contributed by atoms with van der Waals surface area (Å²) in [7, 11) is 1.57. The minimum absolute atomic E-state index is 0.0726. The standard InChI is InChI=1S/C18H26O6/c1-5-18(2,3)17(20)23-11-13-10-22-16(24-13)14-8-12(9-19)6-7-15(14)21-4/h6-8,13,16,19H,5,9-11H2,1-4H3. The van der Waals surface area contributed by atoms with Crippen LogP contribution in [-0.4, -0.2) is 37.5 Å². The fourth-order valence-electron chi connectivity index (χ4n) is 2.27. The lowest BCUT2D eigenvalue weighted by atomic mass is 9.91. The molecule has 0 saturated carbocycles. The SMILES string of the molecule is CCC(C)(C)C(=O)OCC1COC(c2cc(CO)ccc2OC)O1. The molecule has 1 heterocycles. The first kappa shape index (κ1) is 18.7. The minimum Gasteiger partial charge on any atom is -0.496 e. The Kier molecular flexibility index (Phi) is 6.21. The molecule has 1 N–H and O–H groups in total. The smallest absolute Gasteiger partial charge is 0.311 e. The quantitative estimate of drug-likeness (QED) is 0.770. The van der Waals surface area contributed by atoms with E-state index in [1.165, 1.54) is 0 Å². The molecular weight excluding hydrogens is 312 g/mol. The Balaban J connectivity index is 1.97. The zero-order valence-electron chi connectivity index (χ0n) is 14.7. The summed E-state index contributed by atoms with van der Waals surface area (Å²) in [6.07, 6.45) is -0.217. The molecular formula is C18H26O6. The number of hydrogen-bond donors (Lipinski definition) is 1. The number of methoxy groups -OCH3 is 1. The summed E-state index contributed by atoms with van der Waals surface area (Å²) in [6, 6.07) is 5.34. The van der Waals surface area contributed by atoms with Crippen molar-refractivity contribution < 1.29 is 28.8 Å². The highest BCUT2D eigenvalue weighted by Gasteiger charge is 2.33. The van der Waals surface area contributed by atoms with Crippen molar-refractivity contribution in [2.45, 2.75) is 46.2 Å². The van der Waals surface area contributed by atoms with E-state index in [-0.39, 0.29) is 25.3 Å². The van der Waals surface area contributed by atoms with Crippen LogP contribution in [0.25, 0.3) is 0 Å². The Hall–Kier alpha value is -1.63. The number of ether oxygens (including phenoxy) is 4. The van der Waals surface area contributed by atoms with Crippen molar-refractivity contribution in [2.24, 2.45) is 5.41 Å². The predicted molar refractivity (Wildman–Crippen MR) is 87.5 cm³/mol. The molecule has 0 spiro atoms. The molecule has 2 rings (SSSR count). The van der Waals surface area contributed by atoms with Crippen LogP contribution in [0.1, 0.15) is 44.6 Å². The maximum absolute atomic E-state index is 12.0. The van der Waals surface area contributed by atoms with Gasteiger partial charge in [0.1, 0.15) is 18.5 Å². The van der Waals surface area contributed by atoms with E-state index in [0.29, 0.717) is 24.3 Å². The number of esters is 1. The van der Waals surface area contributed by atoms with Crippen LogP contribution in [0.15, 0.2) is 18.2 Å². The van der Waals surface area contributed by atoms with Crippen molar-refractivity contribution in [3.05, 3.63) is 29.3 Å². The van der Waals surface area contributed by atoms with Gasteiger partial charge in [0.25, 0.3) is 0 Å². The maximum atomic E-state index is 12.0. The zero-order valence-corrected chi connectivity index (χ0v) is 14.7. The van der Waals surface area contributed by atoms with Gasteiger partial charge in [-0.05, 0) is 38.0 Å². The molecule has 2 atom stereocenters. The number of aliphatic hydroxyl groups excluding tert-OH is 1. The van der Waals surface area contributed by atoms with Crippen molar-refractivity contribution in [1.29, 1.82) is 0 Å². The number of aliphatic hydroxyl groups is 1. The number of hydrogen-bond acceptors (Lipinski definition) is 6. The molecule has 0 bridgehead atoms. The topological polar surface area (TPSA) is 74.2 Å². The van der Waals surface area contributed by atoms with E-state index in [4.69, 9.17) is 18.9 Å². The highest BCUT2D eigenvalue weighted by Crippen LogP contribution is 2.34. The van der Waals surface area contributed by atoms with Crippen LogP contribution in [0, 0.1) is 5.41 Å². The Morgan fingerprint density at radius 3 is 2.79 bits per heavy atom. The van der Waals surface area contributed by atoms with Crippen LogP contribution in [0.3, 0.4) is 0 Å². The third-order valence-electron chi connectivity index (χ3n) is 4.32. The number of rotatable bonds is 7. The zero-order chi connectivity index (χ0) is 17.7. The Labute approximate surface area is 142 Å². The van der Waals surface area contributed by atoms with Gasteiger partial charge >= 0.3 is 5.97 Å². The summed E-state index contributed by atoms with van der Waals surface area (Å²) in [5.41, 5.74) is 0.960. The average Bonchev–Trinajstić information content (AvgIpc) is 3.07. The monoisotopic (exact) mass is 338 g/mol. The average molecular weight is 338 g/mol. The molecule has 0 aliphatic carbocycles. The first-order chi connectivity index (χ1) is 11.4. The molecule has 24 heavy (non-hydrogen) atoms. The second kappa shape index (κ2) is 7.96. The van der Waals surface area contributed by atoms with Crippen molar-refractivity contribution in [3.63, 3.8) is 0 Å². The minimum atomic E-state index is -0.602. The number of benzene rings is 1. The summed E-state index contributed by atoms with van der Waals surface area (Å²) in [5.74, 6) is 0.388. The fourth-order valence-corrected chi connectivity index (χ4v) is 2.27. The van der Waals surface area contributed by atoms with E-state index in [0.717, 1.165) is 5.56 Å². The molecule has 0 aromatic heterocycles. The fraction of sp³-hybridized carbons (Fsp3) is 0.611. The van der Waals surface area contributed by atoms with Crippen molar-refractivity contribution in [2.75, 3.05) is 20.3 Å². The molecule has 1 saturated heterocycles. The summed E-state index contributed by atoms with van der Waals surface area (Å²) in [6.45, 7) is 6.08. The second-order valence-electron chi connectivity index (χ2n) is 6.49. The van der Waals surface area contributed by atoms with Crippen LogP contribution in [0.4, 0.5) is 0 Å². The van der Waals surface area contributed by atoms with E-state index in [9.17, 15) is 9.90 Å². The number of carbonyl (C=O) groups is 1. The van der Waals surface area contributed by atoms with E-state index in [2.05, 4.69) is 0 Å². The van der Waals surface area contributed by atoms with Crippen LogP contribution < -0.4 is 4.74 Å². The van der Waals surface area contributed by atoms with Gasteiger partial charge in [-0.15, -0.1) is 0 Å². The number of carbonyl (C=O) groups excluding carboxylic acids is 1. The third kappa shape index (κ3) is 4.26. The van der Waals surface area contributed by atoms with Crippen LogP contribution in [0.2, 0.25) is 0 Å². The Morgan fingerprint density at radius 2 is 2.17 bits per heavy atom. The lowest BCUT2D eigenvalue weighted by molar-refractivity contribution is -0.158. The van der Waals surface area contributed by atoms with Crippen LogP contribution in [-0.2, 0) is 25.6 Å². The van der Waals surface area contributed by atoms with Gasteiger partial charge in [-0.3, -0.25) is 4.79 Å². The predicted octanol–water partition coefficient (Wildman–Crippen LogP) is 2.58. The molecule has 6 nitrogen and oxygen atoms in total. The molecule has 1 aliphatic rings. The highest BCUT2D eigenvalue weighted by atomic mass is 16.7. The highest BCUT2D eigenvalue weighted by molar-refractivity contribution is 5.75. The summed E-state index contributed by atoms with van der Waals surface area (Å²) >= 11 is 0. The second-order valence-corrected chi connectivity index (χ2v) is 6.49. The van der Waals surface area contributed by atoms with E-state index >= 15 is 0 Å². The molecule has 1 aromatic rings. The van der Waals surface area contributed by atoms with E-state index in [1.54, 1.807) is 25.3 Å². The third-order valence-corrected chi connectivity index (χ3v) is 4.32. The molecule has 0 amide bonds. The van der Waals surface area contributed by atoms with Gasteiger partial charge < -0.3 is 24.1 Å². The van der Waals surface area contributed by atoms with Gasteiger partial charge in [-0.1, -0.05) is 13.0 Å². The van der Waals surface area contributed by atoms with Crippen molar-refractivity contribution >= 4 is 5.97 Å². The molecule has 6 heteroatoms. The largest absolute Gasteiger partial charge is 0.496 e. The van der Waals surface area contributed by atoms with E-state index in [1.807, 2.05) is 20.8 Å². The summed E-state index contributed by atoms with van der Waals surface area (Å²) < 4.78 is 22.2. The lowest BCUT2D eigenvalue weighted by Gasteiger charge is -2.21. The van der Waals surface area contributed by atoms with Gasteiger partial charge in [0.15, 0.2) is 6.29 Å². The van der Waals surface area contributed by atoms with Gasteiger partial charge in [0.2, 0.25) is 0 Å². The Morgan fingerprint density at radius 1 is 1.42 bits per heavy atom. The van der Waals surface area contributed by atoms with Crippen LogP contribution >= 0.6 is 0 Å². The van der Waals surface area contributed by atoms with Gasteiger partial charge in [-0.2, -0.15) is 0 Å². The van der Waals surface area contributed by atoms with Gasteiger partial charge in [0, 0.05) is 0 Å². The summed E-state index contributed by atoms with van der Waals surface area (Å²) in [5, 5.41) is 9.29. The Bertz CT molecular complexity index is 569. The molecule has 1 aromatic carbocycles. The molecule has 2 unspecified atom stereocenters. The van der Waals surface area contributed by atoms with Crippen molar-refractivity contribution in [1.82, 2.24) is 0 Å². The molecule has 1 fully saturated rings. The molecule has 1 aliphatic heterocycles. The van der Waals surface area contributed by atoms with Gasteiger partial charge in [0.05, 0.1) is 31.3 Å².